The molecule has 2 rings (SSSR count). The van der Waals surface area contributed by atoms with Crippen molar-refractivity contribution in [3.05, 3.63) is 37.4 Å². The monoisotopic (exact) mass is 376 g/mol. The van der Waals surface area contributed by atoms with Crippen LogP contribution in [0.5, 0.6) is 0 Å². The predicted octanol–water partition coefficient (Wildman–Crippen LogP) is 1.80. The van der Waals surface area contributed by atoms with E-state index in [4.69, 9.17) is 0 Å². The van der Waals surface area contributed by atoms with Crippen molar-refractivity contribution in [1.29, 1.82) is 0 Å². The van der Waals surface area contributed by atoms with E-state index in [1.807, 2.05) is 22.6 Å². The fourth-order valence-electron chi connectivity index (χ4n) is 2.24. The number of non-ortho nitro benzene ring substituents is 1. The largest absolute Gasteiger partial charge is 0.394 e. The molecule has 1 heterocycles. The van der Waals surface area contributed by atoms with Crippen molar-refractivity contribution >= 4 is 34.2 Å². The predicted molar refractivity (Wildman–Crippen MR) is 77.0 cm³/mol. The Morgan fingerprint density at radius 1 is 1.58 bits per heavy atom. The van der Waals surface area contributed by atoms with Gasteiger partial charge in [0.1, 0.15) is 0 Å². The van der Waals surface area contributed by atoms with Gasteiger partial charge >= 0.3 is 0 Å². The van der Waals surface area contributed by atoms with Gasteiger partial charge < -0.3 is 10.0 Å². The highest BCUT2D eigenvalue weighted by molar-refractivity contribution is 14.1. The number of amides is 1. The minimum absolute atomic E-state index is 0.0722. The molecule has 1 saturated heterocycles. The lowest BCUT2D eigenvalue weighted by Crippen LogP contribution is -2.38. The lowest BCUT2D eigenvalue weighted by atomic mass is 10.1. The van der Waals surface area contributed by atoms with Crippen LogP contribution in [0.15, 0.2) is 18.2 Å². The summed E-state index contributed by atoms with van der Waals surface area (Å²) >= 11 is 1.99. The number of halogens is 1. The number of aliphatic hydroxyl groups excluding tert-OH is 1. The molecule has 1 aliphatic rings. The average molecular weight is 376 g/mol. The molecular weight excluding hydrogens is 363 g/mol. The summed E-state index contributed by atoms with van der Waals surface area (Å²) in [4.78, 5) is 24.3. The third-order valence-electron chi connectivity index (χ3n) is 3.24. The van der Waals surface area contributed by atoms with Gasteiger partial charge in [0.15, 0.2) is 0 Å². The third-order valence-corrected chi connectivity index (χ3v) is 4.18. The summed E-state index contributed by atoms with van der Waals surface area (Å²) < 4.78 is 0.678. The van der Waals surface area contributed by atoms with Crippen molar-refractivity contribution in [2.45, 2.75) is 18.9 Å². The second-order valence-electron chi connectivity index (χ2n) is 4.40. The van der Waals surface area contributed by atoms with Crippen LogP contribution in [-0.4, -0.2) is 40.0 Å². The van der Waals surface area contributed by atoms with E-state index in [0.717, 1.165) is 12.8 Å². The fraction of sp³-hybridized carbons (Fsp3) is 0.417. The summed E-state index contributed by atoms with van der Waals surface area (Å²) in [5, 5.41) is 20.0. The number of nitro groups is 1. The quantitative estimate of drug-likeness (QED) is 0.496. The van der Waals surface area contributed by atoms with Gasteiger partial charge in [0.25, 0.3) is 11.6 Å². The average Bonchev–Trinajstić information content (AvgIpc) is 2.86. The van der Waals surface area contributed by atoms with E-state index < -0.39 is 4.92 Å². The molecule has 1 aromatic carbocycles. The van der Waals surface area contributed by atoms with Crippen LogP contribution in [0.2, 0.25) is 0 Å². The molecule has 7 heteroatoms. The second-order valence-corrected chi connectivity index (χ2v) is 5.56. The highest BCUT2D eigenvalue weighted by Gasteiger charge is 2.30. The highest BCUT2D eigenvalue weighted by atomic mass is 127. The van der Waals surface area contributed by atoms with E-state index in [1.54, 1.807) is 11.0 Å². The molecule has 0 bridgehead atoms. The van der Waals surface area contributed by atoms with Gasteiger partial charge in [-0.3, -0.25) is 14.9 Å². The maximum Gasteiger partial charge on any atom is 0.270 e. The number of likely N-dealkylation sites (tertiary alicyclic amines) is 1. The van der Waals surface area contributed by atoms with Crippen molar-refractivity contribution in [1.82, 2.24) is 4.90 Å². The van der Waals surface area contributed by atoms with E-state index in [2.05, 4.69) is 0 Å². The van der Waals surface area contributed by atoms with E-state index >= 15 is 0 Å². The Bertz CT molecular complexity index is 520. The molecule has 1 N–H and O–H groups in total. The Labute approximate surface area is 123 Å². The highest BCUT2D eigenvalue weighted by Crippen LogP contribution is 2.25. The first-order valence-corrected chi connectivity index (χ1v) is 6.98. The van der Waals surface area contributed by atoms with Gasteiger partial charge in [-0.25, -0.2) is 0 Å². The summed E-state index contributed by atoms with van der Waals surface area (Å²) in [7, 11) is 0. The number of aliphatic hydroxyl groups is 1. The minimum Gasteiger partial charge on any atom is -0.394 e. The molecule has 19 heavy (non-hydrogen) atoms. The second kappa shape index (κ2) is 5.83. The first kappa shape index (κ1) is 14.2. The Morgan fingerprint density at radius 3 is 2.95 bits per heavy atom. The number of nitro benzene ring substituents is 1. The number of carbonyl (C=O) groups is 1. The number of benzene rings is 1. The molecule has 0 unspecified atom stereocenters. The van der Waals surface area contributed by atoms with Crippen LogP contribution >= 0.6 is 22.6 Å². The molecule has 1 aromatic rings. The normalized spacial score (nSPS) is 18.6. The van der Waals surface area contributed by atoms with Crippen molar-refractivity contribution in [3.63, 3.8) is 0 Å². The summed E-state index contributed by atoms with van der Waals surface area (Å²) in [6.07, 6.45) is 1.62. The minimum atomic E-state index is -0.514. The first-order chi connectivity index (χ1) is 9.04. The van der Waals surface area contributed by atoms with E-state index in [-0.39, 0.29) is 24.2 Å². The Balaban J connectivity index is 2.32. The number of nitrogens with zero attached hydrogens (tertiary/aromatic N) is 2. The van der Waals surface area contributed by atoms with E-state index in [0.29, 0.717) is 15.7 Å². The first-order valence-electron chi connectivity index (χ1n) is 5.90. The fourth-order valence-corrected chi connectivity index (χ4v) is 2.80. The van der Waals surface area contributed by atoms with Crippen LogP contribution in [0.25, 0.3) is 0 Å². The molecule has 0 spiro atoms. The van der Waals surface area contributed by atoms with Crippen LogP contribution in [-0.2, 0) is 0 Å². The van der Waals surface area contributed by atoms with Gasteiger partial charge in [0.05, 0.1) is 23.1 Å². The molecule has 1 atom stereocenters. The molecule has 0 radical (unpaired) electrons. The zero-order chi connectivity index (χ0) is 14.0. The third kappa shape index (κ3) is 2.86. The van der Waals surface area contributed by atoms with Crippen molar-refractivity contribution in [3.8, 4) is 0 Å². The number of rotatable bonds is 3. The molecule has 6 nitrogen and oxygen atoms in total. The number of hydrogen-bond donors (Lipinski definition) is 1. The van der Waals surface area contributed by atoms with Gasteiger partial charge in [-0.15, -0.1) is 0 Å². The maximum absolute atomic E-state index is 12.4. The zero-order valence-corrected chi connectivity index (χ0v) is 12.2. The number of carbonyl (C=O) groups excluding carboxylic acids is 1. The van der Waals surface area contributed by atoms with Crippen LogP contribution in [0.3, 0.4) is 0 Å². The molecule has 102 valence electrons. The lowest BCUT2D eigenvalue weighted by molar-refractivity contribution is -0.384. The Hall–Kier alpha value is -1.22. The maximum atomic E-state index is 12.4. The standard InChI is InChI=1S/C12H13IN2O4/c13-11-4-3-8(15(18)19)6-10(11)12(17)14-5-1-2-9(14)7-16/h3-4,6,9,16H,1-2,5,7H2/t9-/m0/s1. The van der Waals surface area contributed by atoms with Crippen LogP contribution in [0.1, 0.15) is 23.2 Å². The number of hydrogen-bond acceptors (Lipinski definition) is 4. The van der Waals surface area contributed by atoms with Crippen molar-refractivity contribution in [2.24, 2.45) is 0 Å². The molecule has 1 fully saturated rings. The topological polar surface area (TPSA) is 83.7 Å². The molecule has 0 aromatic heterocycles. The van der Waals surface area contributed by atoms with Crippen LogP contribution < -0.4 is 0 Å². The molecule has 0 saturated carbocycles. The van der Waals surface area contributed by atoms with Crippen molar-refractivity contribution < 1.29 is 14.8 Å². The molecule has 0 aliphatic carbocycles. The summed E-state index contributed by atoms with van der Waals surface area (Å²) in [5.41, 5.74) is 0.235. The van der Waals surface area contributed by atoms with Gasteiger partial charge in [0.2, 0.25) is 0 Å². The van der Waals surface area contributed by atoms with E-state index in [1.165, 1.54) is 12.1 Å². The Morgan fingerprint density at radius 2 is 2.32 bits per heavy atom. The van der Waals surface area contributed by atoms with Crippen molar-refractivity contribution in [2.75, 3.05) is 13.2 Å². The van der Waals surface area contributed by atoms with Gasteiger partial charge in [-0.2, -0.15) is 0 Å². The lowest BCUT2D eigenvalue weighted by Gasteiger charge is -2.23. The summed E-state index contributed by atoms with van der Waals surface area (Å²) in [5.74, 6) is -0.246. The smallest absolute Gasteiger partial charge is 0.270 e. The summed E-state index contributed by atoms with van der Waals surface area (Å²) in [6.45, 7) is 0.514. The SMILES string of the molecule is O=C(c1cc([N+](=O)[O-])ccc1I)N1CCC[C@H]1CO. The Kier molecular flexibility index (Phi) is 4.35. The van der Waals surface area contributed by atoms with Gasteiger partial charge in [0, 0.05) is 22.2 Å². The van der Waals surface area contributed by atoms with Gasteiger partial charge in [-0.05, 0) is 41.5 Å². The zero-order valence-electron chi connectivity index (χ0n) is 10.1. The van der Waals surface area contributed by atoms with Gasteiger partial charge in [-0.1, -0.05) is 0 Å². The van der Waals surface area contributed by atoms with Crippen LogP contribution in [0, 0.1) is 13.7 Å². The summed E-state index contributed by atoms with van der Waals surface area (Å²) in [6, 6.07) is 4.07. The van der Waals surface area contributed by atoms with E-state index in [9.17, 15) is 20.0 Å². The molecule has 1 aliphatic heterocycles. The van der Waals surface area contributed by atoms with Crippen LogP contribution in [0.4, 0.5) is 5.69 Å². The molecular formula is C12H13IN2O4. The molecule has 1 amide bonds.